The van der Waals surface area contributed by atoms with Crippen LogP contribution in [0.4, 0.5) is 0 Å². The number of hydrogen-bond donors (Lipinski definition) is 0. The molecule has 1 aromatic carbocycles. The highest BCUT2D eigenvalue weighted by atomic mass is 79.9. The molecule has 0 N–H and O–H groups in total. The van der Waals surface area contributed by atoms with Gasteiger partial charge in [-0.15, -0.1) is 0 Å². The Morgan fingerprint density at radius 2 is 1.78 bits per heavy atom. The number of nitrogens with zero attached hydrogens (tertiary/aromatic N) is 2. The molecule has 1 amide bonds. The van der Waals surface area contributed by atoms with E-state index in [1.54, 1.807) is 24.3 Å². The molecule has 0 atom stereocenters. The van der Waals surface area contributed by atoms with Crippen LogP contribution in [0.3, 0.4) is 0 Å². The van der Waals surface area contributed by atoms with Crippen molar-refractivity contribution in [3.05, 3.63) is 34.9 Å². The fourth-order valence-corrected chi connectivity index (χ4v) is 2.70. The predicted molar refractivity (Wildman–Crippen MR) is 77.6 cm³/mol. The number of hydrogen-bond acceptors (Lipinski definition) is 2. The molecule has 0 radical (unpaired) electrons. The largest absolute Gasteiger partial charge is 0.336 e. The lowest BCUT2D eigenvalue weighted by Crippen LogP contribution is -2.49. The number of amides is 1. The number of piperazine rings is 1. The summed E-state index contributed by atoms with van der Waals surface area (Å²) in [5.41, 5.74) is 0.716. The molecule has 98 valence electrons. The van der Waals surface area contributed by atoms with E-state index < -0.39 is 0 Å². The number of carbonyl (C=O) groups is 1. The summed E-state index contributed by atoms with van der Waals surface area (Å²) >= 11 is 9.26. The van der Waals surface area contributed by atoms with E-state index >= 15 is 0 Å². The van der Waals surface area contributed by atoms with E-state index in [4.69, 9.17) is 11.6 Å². The van der Waals surface area contributed by atoms with E-state index in [2.05, 4.69) is 20.8 Å². The topological polar surface area (TPSA) is 23.6 Å². The van der Waals surface area contributed by atoms with Crippen molar-refractivity contribution in [1.82, 2.24) is 9.80 Å². The molecular weight excluding hydrogens is 316 g/mol. The maximum Gasteiger partial charge on any atom is 0.253 e. The highest BCUT2D eigenvalue weighted by Gasteiger charge is 2.21. The van der Waals surface area contributed by atoms with E-state index in [0.717, 1.165) is 38.1 Å². The Balaban J connectivity index is 1.93. The van der Waals surface area contributed by atoms with Crippen LogP contribution in [0.5, 0.6) is 0 Å². The molecular formula is C13H16BrClN2O. The Morgan fingerprint density at radius 1 is 1.17 bits per heavy atom. The van der Waals surface area contributed by atoms with Crippen molar-refractivity contribution in [2.75, 3.05) is 38.1 Å². The van der Waals surface area contributed by atoms with Gasteiger partial charge in [-0.05, 0) is 24.3 Å². The lowest BCUT2D eigenvalue weighted by molar-refractivity contribution is 0.0645. The second-order valence-corrected chi connectivity index (χ2v) is 5.56. The summed E-state index contributed by atoms with van der Waals surface area (Å²) in [5, 5.41) is 1.65. The van der Waals surface area contributed by atoms with Crippen molar-refractivity contribution in [2.45, 2.75) is 0 Å². The zero-order chi connectivity index (χ0) is 13.0. The van der Waals surface area contributed by atoms with Crippen LogP contribution in [-0.4, -0.2) is 53.8 Å². The normalized spacial score (nSPS) is 16.9. The van der Waals surface area contributed by atoms with E-state index in [1.165, 1.54) is 0 Å². The summed E-state index contributed by atoms with van der Waals surface area (Å²) in [4.78, 5) is 16.5. The summed E-state index contributed by atoms with van der Waals surface area (Å²) < 4.78 is 0. The summed E-state index contributed by atoms with van der Waals surface area (Å²) in [6.45, 7) is 4.54. The first-order valence-electron chi connectivity index (χ1n) is 6.04. The van der Waals surface area contributed by atoms with Crippen molar-refractivity contribution in [3.63, 3.8) is 0 Å². The molecule has 1 aromatic rings. The minimum Gasteiger partial charge on any atom is -0.336 e. The molecule has 2 rings (SSSR count). The van der Waals surface area contributed by atoms with E-state index in [1.807, 2.05) is 4.90 Å². The molecule has 0 aliphatic carbocycles. The average molecular weight is 332 g/mol. The second kappa shape index (κ2) is 6.55. The van der Waals surface area contributed by atoms with Crippen LogP contribution in [0.15, 0.2) is 24.3 Å². The quantitative estimate of drug-likeness (QED) is 0.795. The van der Waals surface area contributed by atoms with Crippen LogP contribution in [0.2, 0.25) is 5.02 Å². The molecule has 1 saturated heterocycles. The highest BCUT2D eigenvalue weighted by Crippen LogP contribution is 2.13. The Hall–Kier alpha value is -0.580. The van der Waals surface area contributed by atoms with Gasteiger partial charge in [0, 0.05) is 48.6 Å². The van der Waals surface area contributed by atoms with Crippen molar-refractivity contribution in [3.8, 4) is 0 Å². The van der Waals surface area contributed by atoms with E-state index in [9.17, 15) is 4.79 Å². The Morgan fingerprint density at radius 3 is 2.33 bits per heavy atom. The maximum atomic E-state index is 12.2. The first kappa shape index (κ1) is 13.8. The zero-order valence-corrected chi connectivity index (χ0v) is 12.5. The first-order valence-corrected chi connectivity index (χ1v) is 7.54. The molecule has 1 fully saturated rings. The smallest absolute Gasteiger partial charge is 0.253 e. The molecule has 0 aromatic heterocycles. The minimum absolute atomic E-state index is 0.102. The van der Waals surface area contributed by atoms with Gasteiger partial charge in [0.05, 0.1) is 0 Å². The fraction of sp³-hybridized carbons (Fsp3) is 0.462. The first-order chi connectivity index (χ1) is 8.70. The Bertz CT molecular complexity index is 402. The van der Waals surface area contributed by atoms with Crippen molar-refractivity contribution >= 4 is 33.4 Å². The molecule has 1 aliphatic rings. The third-order valence-electron chi connectivity index (χ3n) is 3.15. The number of benzene rings is 1. The van der Waals surface area contributed by atoms with Gasteiger partial charge < -0.3 is 4.90 Å². The van der Waals surface area contributed by atoms with Gasteiger partial charge in [0.15, 0.2) is 0 Å². The monoisotopic (exact) mass is 330 g/mol. The molecule has 1 aliphatic heterocycles. The number of rotatable bonds is 3. The molecule has 0 spiro atoms. The van der Waals surface area contributed by atoms with Crippen LogP contribution in [0.1, 0.15) is 10.4 Å². The van der Waals surface area contributed by atoms with Crippen molar-refractivity contribution < 1.29 is 4.79 Å². The number of halogens is 2. The summed E-state index contributed by atoms with van der Waals surface area (Å²) in [5.74, 6) is 0.102. The zero-order valence-electron chi connectivity index (χ0n) is 10.1. The molecule has 3 nitrogen and oxygen atoms in total. The van der Waals surface area contributed by atoms with Gasteiger partial charge in [-0.1, -0.05) is 27.5 Å². The lowest BCUT2D eigenvalue weighted by atomic mass is 10.2. The van der Waals surface area contributed by atoms with E-state index in [0.29, 0.717) is 10.6 Å². The van der Waals surface area contributed by atoms with Crippen molar-refractivity contribution in [1.29, 1.82) is 0 Å². The standard InChI is InChI=1S/C13H16BrClN2O/c14-5-6-16-7-9-17(10-8-16)13(18)11-1-3-12(15)4-2-11/h1-4H,5-10H2. The van der Waals surface area contributed by atoms with Crippen LogP contribution in [0, 0.1) is 0 Å². The van der Waals surface area contributed by atoms with Gasteiger partial charge >= 0.3 is 0 Å². The third kappa shape index (κ3) is 3.46. The summed E-state index contributed by atoms with van der Waals surface area (Å²) in [7, 11) is 0. The van der Waals surface area contributed by atoms with Crippen molar-refractivity contribution in [2.24, 2.45) is 0 Å². The van der Waals surface area contributed by atoms with Gasteiger partial charge in [0.25, 0.3) is 5.91 Å². The van der Waals surface area contributed by atoms with Gasteiger partial charge in [0.2, 0.25) is 0 Å². The van der Waals surface area contributed by atoms with Gasteiger partial charge in [-0.3, -0.25) is 9.69 Å². The minimum atomic E-state index is 0.102. The summed E-state index contributed by atoms with van der Waals surface area (Å²) in [6, 6.07) is 7.09. The van der Waals surface area contributed by atoms with E-state index in [-0.39, 0.29) is 5.91 Å². The second-order valence-electron chi connectivity index (χ2n) is 4.33. The van der Waals surface area contributed by atoms with Gasteiger partial charge in [-0.25, -0.2) is 0 Å². The molecule has 0 saturated carbocycles. The molecule has 0 unspecified atom stereocenters. The SMILES string of the molecule is O=C(c1ccc(Cl)cc1)N1CCN(CCBr)CC1. The maximum absolute atomic E-state index is 12.2. The molecule has 18 heavy (non-hydrogen) atoms. The van der Waals surface area contributed by atoms with Crippen LogP contribution in [-0.2, 0) is 0 Å². The number of carbonyl (C=O) groups excluding carboxylic acids is 1. The third-order valence-corrected chi connectivity index (χ3v) is 3.76. The van der Waals surface area contributed by atoms with Gasteiger partial charge in [0.1, 0.15) is 0 Å². The Kier molecular flexibility index (Phi) is 5.03. The number of alkyl halides is 1. The lowest BCUT2D eigenvalue weighted by Gasteiger charge is -2.34. The highest BCUT2D eigenvalue weighted by molar-refractivity contribution is 9.09. The fourth-order valence-electron chi connectivity index (χ4n) is 2.07. The van der Waals surface area contributed by atoms with Crippen LogP contribution < -0.4 is 0 Å². The summed E-state index contributed by atoms with van der Waals surface area (Å²) in [6.07, 6.45) is 0. The van der Waals surface area contributed by atoms with Crippen LogP contribution in [0.25, 0.3) is 0 Å². The molecule has 0 bridgehead atoms. The molecule has 1 heterocycles. The Labute approximate surface area is 121 Å². The predicted octanol–water partition coefficient (Wildman–Crippen LogP) is 2.49. The van der Waals surface area contributed by atoms with Gasteiger partial charge in [-0.2, -0.15) is 0 Å². The molecule has 5 heteroatoms. The van der Waals surface area contributed by atoms with Crippen LogP contribution >= 0.6 is 27.5 Å². The average Bonchev–Trinajstić information content (AvgIpc) is 2.40.